The van der Waals surface area contributed by atoms with Gasteiger partial charge in [-0.15, -0.1) is 10.2 Å². The SMILES string of the molecule is O=C(NC1CCCCC1)C(c1ccc(F)cc1)N(C(=O)Cn1nnc(-c2ccccc2F)n1)c1ccc(C2CCCCC2)cc1. The first-order valence-corrected chi connectivity index (χ1v) is 16.0. The minimum atomic E-state index is -1.07. The number of benzene rings is 3. The van der Waals surface area contributed by atoms with Crippen LogP contribution in [0, 0.1) is 11.6 Å². The molecule has 0 saturated heterocycles. The van der Waals surface area contributed by atoms with E-state index in [1.54, 1.807) is 30.3 Å². The van der Waals surface area contributed by atoms with E-state index in [0.29, 0.717) is 17.2 Å². The van der Waals surface area contributed by atoms with Crippen LogP contribution >= 0.6 is 0 Å². The number of hydrogen-bond acceptors (Lipinski definition) is 5. The molecule has 234 valence electrons. The molecule has 2 saturated carbocycles. The number of tetrazole rings is 1. The standard InChI is InChI=1S/C35H38F2N6O2/c36-27-19-15-26(16-20-27)33(35(45)38-28-11-5-2-6-12-28)43(29-21-17-25(18-22-29)24-9-3-1-4-10-24)32(44)23-42-40-34(39-41-42)30-13-7-8-14-31(30)37/h7-8,13-22,24,28,33H,1-6,9-12,23H2,(H,38,45). The van der Waals surface area contributed by atoms with Crippen LogP contribution in [0.15, 0.2) is 72.8 Å². The number of nitrogens with one attached hydrogen (secondary N) is 1. The van der Waals surface area contributed by atoms with Crippen molar-refractivity contribution in [1.29, 1.82) is 0 Å². The first-order valence-electron chi connectivity index (χ1n) is 16.0. The highest BCUT2D eigenvalue weighted by Gasteiger charge is 2.35. The van der Waals surface area contributed by atoms with Crippen LogP contribution in [-0.4, -0.2) is 38.1 Å². The zero-order valence-corrected chi connectivity index (χ0v) is 25.2. The average molecular weight is 613 g/mol. The van der Waals surface area contributed by atoms with E-state index in [4.69, 9.17) is 0 Å². The van der Waals surface area contributed by atoms with Crippen molar-refractivity contribution in [3.8, 4) is 11.4 Å². The number of hydrogen-bond donors (Lipinski definition) is 1. The van der Waals surface area contributed by atoms with Gasteiger partial charge in [-0.05, 0) is 84.3 Å². The summed E-state index contributed by atoms with van der Waals surface area (Å²) in [5, 5.41) is 15.4. The number of carbonyl (C=O) groups is 2. The Balaban J connectivity index is 1.35. The lowest BCUT2D eigenvalue weighted by molar-refractivity contribution is -0.127. The second-order valence-electron chi connectivity index (χ2n) is 12.1. The molecule has 10 heteroatoms. The third-order valence-corrected chi connectivity index (χ3v) is 9.00. The van der Waals surface area contributed by atoms with Crippen molar-refractivity contribution in [2.45, 2.75) is 88.8 Å². The molecular formula is C35H38F2N6O2. The Bertz CT molecular complexity index is 1600. The molecule has 2 amide bonds. The van der Waals surface area contributed by atoms with Crippen molar-refractivity contribution in [3.63, 3.8) is 0 Å². The third-order valence-electron chi connectivity index (χ3n) is 9.00. The van der Waals surface area contributed by atoms with Crippen LogP contribution in [0.3, 0.4) is 0 Å². The van der Waals surface area contributed by atoms with Crippen molar-refractivity contribution in [3.05, 3.63) is 95.6 Å². The zero-order chi connectivity index (χ0) is 31.2. The van der Waals surface area contributed by atoms with E-state index in [2.05, 4.69) is 20.7 Å². The number of amides is 2. The molecule has 1 N–H and O–H groups in total. The van der Waals surface area contributed by atoms with Crippen LogP contribution in [-0.2, 0) is 16.1 Å². The van der Waals surface area contributed by atoms with Gasteiger partial charge in [-0.2, -0.15) is 4.80 Å². The minimum Gasteiger partial charge on any atom is -0.351 e. The summed E-state index contributed by atoms with van der Waals surface area (Å²) in [6.45, 7) is -0.347. The largest absolute Gasteiger partial charge is 0.351 e. The Morgan fingerprint density at radius 1 is 0.844 bits per heavy atom. The lowest BCUT2D eigenvalue weighted by Gasteiger charge is -2.33. The Morgan fingerprint density at radius 3 is 2.20 bits per heavy atom. The zero-order valence-electron chi connectivity index (χ0n) is 25.2. The van der Waals surface area contributed by atoms with E-state index in [9.17, 15) is 18.4 Å². The summed E-state index contributed by atoms with van der Waals surface area (Å²) in [5.41, 5.74) is 2.39. The first-order chi connectivity index (χ1) is 22.0. The van der Waals surface area contributed by atoms with Gasteiger partial charge in [-0.3, -0.25) is 14.5 Å². The highest BCUT2D eigenvalue weighted by molar-refractivity contribution is 6.01. The molecule has 3 aromatic carbocycles. The number of nitrogens with zero attached hydrogens (tertiary/aromatic N) is 5. The van der Waals surface area contributed by atoms with E-state index in [1.807, 2.05) is 24.3 Å². The van der Waals surface area contributed by atoms with Crippen LogP contribution < -0.4 is 10.2 Å². The number of rotatable bonds is 9. The molecule has 0 aliphatic heterocycles. The van der Waals surface area contributed by atoms with Crippen molar-refractivity contribution in [2.24, 2.45) is 0 Å². The van der Waals surface area contributed by atoms with Crippen molar-refractivity contribution in [2.75, 3.05) is 4.90 Å². The fraction of sp³-hybridized carbons (Fsp3) is 0.400. The number of halogens is 2. The van der Waals surface area contributed by atoms with E-state index >= 15 is 0 Å². The predicted molar refractivity (Wildman–Crippen MR) is 167 cm³/mol. The number of aromatic nitrogens is 4. The van der Waals surface area contributed by atoms with Crippen LogP contribution in [0.1, 0.15) is 87.3 Å². The molecule has 0 radical (unpaired) electrons. The van der Waals surface area contributed by atoms with Crippen LogP contribution in [0.25, 0.3) is 11.4 Å². The van der Waals surface area contributed by atoms with E-state index < -0.39 is 23.6 Å². The average Bonchev–Trinajstić information content (AvgIpc) is 3.53. The Kier molecular flexibility index (Phi) is 9.57. The number of carbonyl (C=O) groups excluding carboxylic acids is 2. The molecule has 0 bridgehead atoms. The molecule has 2 fully saturated rings. The second-order valence-corrected chi connectivity index (χ2v) is 12.1. The molecule has 1 heterocycles. The van der Waals surface area contributed by atoms with Gasteiger partial charge in [0.05, 0.1) is 5.56 Å². The molecule has 4 aromatic rings. The van der Waals surface area contributed by atoms with Gasteiger partial charge >= 0.3 is 0 Å². The predicted octanol–water partition coefficient (Wildman–Crippen LogP) is 6.89. The monoisotopic (exact) mass is 612 g/mol. The van der Waals surface area contributed by atoms with Crippen LogP contribution in [0.2, 0.25) is 0 Å². The van der Waals surface area contributed by atoms with Crippen molar-refractivity contribution < 1.29 is 18.4 Å². The lowest BCUT2D eigenvalue weighted by Crippen LogP contribution is -2.48. The molecule has 2 aliphatic carbocycles. The maximum absolute atomic E-state index is 14.4. The fourth-order valence-corrected chi connectivity index (χ4v) is 6.63. The Hall–Kier alpha value is -4.47. The van der Waals surface area contributed by atoms with Crippen LogP contribution in [0.5, 0.6) is 0 Å². The van der Waals surface area contributed by atoms with Gasteiger partial charge in [0.2, 0.25) is 11.7 Å². The van der Waals surface area contributed by atoms with Crippen molar-refractivity contribution >= 4 is 17.5 Å². The van der Waals surface area contributed by atoms with Gasteiger partial charge in [-0.1, -0.05) is 74.9 Å². The van der Waals surface area contributed by atoms with E-state index in [-0.39, 0.29) is 29.9 Å². The highest BCUT2D eigenvalue weighted by Crippen LogP contribution is 2.35. The molecule has 45 heavy (non-hydrogen) atoms. The Labute approximate surface area is 261 Å². The van der Waals surface area contributed by atoms with E-state index in [1.165, 1.54) is 47.9 Å². The molecule has 1 aromatic heterocycles. The van der Waals surface area contributed by atoms with Crippen molar-refractivity contribution in [1.82, 2.24) is 25.5 Å². The lowest BCUT2D eigenvalue weighted by atomic mass is 9.84. The molecular weight excluding hydrogens is 574 g/mol. The molecule has 0 spiro atoms. The molecule has 1 unspecified atom stereocenters. The smallest absolute Gasteiger partial charge is 0.251 e. The third kappa shape index (κ3) is 7.27. The summed E-state index contributed by atoms with van der Waals surface area (Å²) in [7, 11) is 0. The van der Waals surface area contributed by atoms with Gasteiger partial charge in [0.25, 0.3) is 5.91 Å². The molecule has 8 nitrogen and oxygen atoms in total. The first kappa shape index (κ1) is 30.6. The topological polar surface area (TPSA) is 93.0 Å². The summed E-state index contributed by atoms with van der Waals surface area (Å²) >= 11 is 0. The normalized spacial score (nSPS) is 16.7. The van der Waals surface area contributed by atoms with Gasteiger partial charge < -0.3 is 5.32 Å². The second kappa shape index (κ2) is 14.1. The van der Waals surface area contributed by atoms with Crippen LogP contribution in [0.4, 0.5) is 14.5 Å². The summed E-state index contributed by atoms with van der Waals surface area (Å²) in [6, 6.07) is 18.5. The summed E-state index contributed by atoms with van der Waals surface area (Å²) < 4.78 is 28.5. The maximum Gasteiger partial charge on any atom is 0.251 e. The fourth-order valence-electron chi connectivity index (χ4n) is 6.63. The minimum absolute atomic E-state index is 0.000127. The molecule has 2 aliphatic rings. The summed E-state index contributed by atoms with van der Waals surface area (Å²) in [6.07, 6.45) is 10.8. The molecule has 6 rings (SSSR count). The van der Waals surface area contributed by atoms with Gasteiger partial charge in [0, 0.05) is 11.7 Å². The van der Waals surface area contributed by atoms with Gasteiger partial charge in [0.1, 0.15) is 24.2 Å². The van der Waals surface area contributed by atoms with Gasteiger partial charge in [-0.25, -0.2) is 8.78 Å². The van der Waals surface area contributed by atoms with E-state index in [0.717, 1.165) is 49.7 Å². The maximum atomic E-state index is 14.4. The number of anilines is 1. The molecule has 1 atom stereocenters. The highest BCUT2D eigenvalue weighted by atomic mass is 19.1. The quantitative estimate of drug-likeness (QED) is 0.222. The summed E-state index contributed by atoms with van der Waals surface area (Å²) in [5.74, 6) is -1.22. The summed E-state index contributed by atoms with van der Waals surface area (Å²) in [4.78, 5) is 30.9. The van der Waals surface area contributed by atoms with Gasteiger partial charge in [0.15, 0.2) is 0 Å². The Morgan fingerprint density at radius 2 is 1.51 bits per heavy atom.